The van der Waals surface area contributed by atoms with Crippen molar-refractivity contribution in [1.82, 2.24) is 15.1 Å². The molecule has 1 atom stereocenters. The van der Waals surface area contributed by atoms with Crippen LogP contribution in [0.5, 0.6) is 0 Å². The predicted molar refractivity (Wildman–Crippen MR) is 102 cm³/mol. The number of urea groups is 1. The molecule has 2 heterocycles. The minimum absolute atomic E-state index is 0.226. The number of hydrogen-bond donors (Lipinski definition) is 2. The molecule has 28 heavy (non-hydrogen) atoms. The second-order valence-corrected chi connectivity index (χ2v) is 7.40. The molecule has 0 bridgehead atoms. The van der Waals surface area contributed by atoms with E-state index in [1.165, 1.54) is 0 Å². The molecule has 1 aromatic rings. The maximum atomic E-state index is 13.2. The first-order chi connectivity index (χ1) is 13.4. The lowest BCUT2D eigenvalue weighted by Crippen LogP contribution is -2.48. The van der Waals surface area contributed by atoms with Crippen LogP contribution >= 0.6 is 0 Å². The SMILES string of the molecule is CCC[C@]1(c2ccccc2)NC(=O)N(CC(=O)N2CCC(C(N)=O)CC2)C1=O. The average molecular weight is 386 g/mol. The lowest BCUT2D eigenvalue weighted by atomic mass is 9.85. The Bertz CT molecular complexity index is 774. The molecular formula is C20H26N4O4. The average Bonchev–Trinajstić information content (AvgIpc) is 2.94. The number of carbonyl (C=O) groups excluding carboxylic acids is 4. The number of carbonyl (C=O) groups is 4. The third kappa shape index (κ3) is 3.58. The summed E-state index contributed by atoms with van der Waals surface area (Å²) in [5, 5.41) is 2.82. The standard InChI is InChI=1S/C20H26N4O4/c1-2-10-20(15-6-4-3-5-7-15)18(27)24(19(28)22-20)13-16(25)23-11-8-14(9-12-23)17(21)26/h3-7,14H,2,8-13H2,1H3,(H2,21,26)(H,22,28)/t20-/m1/s1. The van der Waals surface area contributed by atoms with Gasteiger partial charge in [-0.25, -0.2) is 4.79 Å². The summed E-state index contributed by atoms with van der Waals surface area (Å²) < 4.78 is 0. The van der Waals surface area contributed by atoms with E-state index in [0.717, 1.165) is 4.90 Å². The van der Waals surface area contributed by atoms with Crippen LogP contribution < -0.4 is 11.1 Å². The molecule has 0 aromatic heterocycles. The first-order valence-corrected chi connectivity index (χ1v) is 9.65. The van der Waals surface area contributed by atoms with Crippen molar-refractivity contribution in [2.75, 3.05) is 19.6 Å². The van der Waals surface area contributed by atoms with Gasteiger partial charge in [0.1, 0.15) is 12.1 Å². The van der Waals surface area contributed by atoms with Crippen molar-refractivity contribution in [2.24, 2.45) is 11.7 Å². The summed E-state index contributed by atoms with van der Waals surface area (Å²) >= 11 is 0. The van der Waals surface area contributed by atoms with Gasteiger partial charge in [0.25, 0.3) is 5.91 Å². The van der Waals surface area contributed by atoms with Crippen molar-refractivity contribution in [3.8, 4) is 0 Å². The molecule has 0 spiro atoms. The van der Waals surface area contributed by atoms with Gasteiger partial charge in [0, 0.05) is 19.0 Å². The Morgan fingerprint density at radius 2 is 1.82 bits per heavy atom. The van der Waals surface area contributed by atoms with Crippen LogP contribution in [0.15, 0.2) is 30.3 Å². The molecule has 0 radical (unpaired) electrons. The molecule has 2 fully saturated rings. The summed E-state index contributed by atoms with van der Waals surface area (Å²) in [6.45, 7) is 2.44. The monoisotopic (exact) mass is 386 g/mol. The molecule has 2 saturated heterocycles. The molecule has 0 unspecified atom stereocenters. The van der Waals surface area contributed by atoms with Gasteiger partial charge in [-0.2, -0.15) is 0 Å². The van der Waals surface area contributed by atoms with E-state index in [2.05, 4.69) is 5.32 Å². The third-order valence-corrected chi connectivity index (χ3v) is 5.61. The van der Waals surface area contributed by atoms with Crippen molar-refractivity contribution in [3.05, 3.63) is 35.9 Å². The number of piperidine rings is 1. The number of amides is 5. The molecule has 1 aromatic carbocycles. The van der Waals surface area contributed by atoms with Crippen LogP contribution in [0.4, 0.5) is 4.79 Å². The highest BCUT2D eigenvalue weighted by Crippen LogP contribution is 2.33. The normalized spacial score (nSPS) is 23.0. The molecule has 0 aliphatic carbocycles. The number of nitrogens with one attached hydrogen (secondary N) is 1. The fourth-order valence-electron chi connectivity index (χ4n) is 4.03. The molecule has 2 aliphatic heterocycles. The predicted octanol–water partition coefficient (Wildman–Crippen LogP) is 0.958. The van der Waals surface area contributed by atoms with Crippen LogP contribution in [0.3, 0.4) is 0 Å². The van der Waals surface area contributed by atoms with E-state index in [4.69, 9.17) is 5.73 Å². The molecular weight excluding hydrogens is 360 g/mol. The van der Waals surface area contributed by atoms with Gasteiger partial charge >= 0.3 is 6.03 Å². The maximum Gasteiger partial charge on any atom is 0.325 e. The summed E-state index contributed by atoms with van der Waals surface area (Å²) in [5.41, 5.74) is 4.91. The van der Waals surface area contributed by atoms with Crippen LogP contribution in [0.2, 0.25) is 0 Å². The summed E-state index contributed by atoms with van der Waals surface area (Å²) in [5.74, 6) is -1.28. The maximum absolute atomic E-state index is 13.2. The Kier molecular flexibility index (Phi) is 5.67. The Labute approximate surface area is 164 Å². The molecule has 2 aliphatic rings. The van der Waals surface area contributed by atoms with Gasteiger partial charge in [0.05, 0.1) is 0 Å². The highest BCUT2D eigenvalue weighted by Gasteiger charge is 2.52. The van der Waals surface area contributed by atoms with Gasteiger partial charge in [-0.15, -0.1) is 0 Å². The Balaban J connectivity index is 1.73. The van der Waals surface area contributed by atoms with Crippen molar-refractivity contribution >= 4 is 23.8 Å². The zero-order chi connectivity index (χ0) is 20.3. The van der Waals surface area contributed by atoms with E-state index < -0.39 is 17.5 Å². The second-order valence-electron chi connectivity index (χ2n) is 7.40. The molecule has 0 saturated carbocycles. The largest absolute Gasteiger partial charge is 0.369 e. The summed E-state index contributed by atoms with van der Waals surface area (Å²) in [6, 6.07) is 8.57. The quantitative estimate of drug-likeness (QED) is 0.709. The first-order valence-electron chi connectivity index (χ1n) is 9.65. The lowest BCUT2D eigenvalue weighted by molar-refractivity contribution is -0.140. The van der Waals surface area contributed by atoms with E-state index >= 15 is 0 Å². The number of nitrogens with zero attached hydrogens (tertiary/aromatic N) is 2. The molecule has 3 N–H and O–H groups in total. The lowest BCUT2D eigenvalue weighted by Gasteiger charge is -2.31. The van der Waals surface area contributed by atoms with E-state index in [9.17, 15) is 19.2 Å². The summed E-state index contributed by atoms with van der Waals surface area (Å²) in [7, 11) is 0. The van der Waals surface area contributed by atoms with Crippen molar-refractivity contribution < 1.29 is 19.2 Å². The number of benzene rings is 1. The zero-order valence-electron chi connectivity index (χ0n) is 16.0. The topological polar surface area (TPSA) is 113 Å². The highest BCUT2D eigenvalue weighted by molar-refractivity contribution is 6.09. The highest BCUT2D eigenvalue weighted by atomic mass is 16.2. The Morgan fingerprint density at radius 1 is 1.18 bits per heavy atom. The van der Waals surface area contributed by atoms with Gasteiger partial charge in [-0.3, -0.25) is 19.3 Å². The van der Waals surface area contributed by atoms with Crippen LogP contribution in [0.1, 0.15) is 38.2 Å². The minimum atomic E-state index is -1.13. The number of imide groups is 1. The molecule has 3 rings (SSSR count). The molecule has 5 amide bonds. The summed E-state index contributed by atoms with van der Waals surface area (Å²) in [6.07, 6.45) is 2.16. The second kappa shape index (κ2) is 8.00. The number of primary amides is 1. The van der Waals surface area contributed by atoms with E-state index in [1.807, 2.05) is 37.3 Å². The van der Waals surface area contributed by atoms with E-state index in [1.54, 1.807) is 4.90 Å². The minimum Gasteiger partial charge on any atom is -0.369 e. The Hall–Kier alpha value is -2.90. The van der Waals surface area contributed by atoms with Gasteiger partial charge in [0.2, 0.25) is 11.8 Å². The number of likely N-dealkylation sites (tertiary alicyclic amines) is 1. The number of nitrogens with two attached hydrogens (primary N) is 1. The zero-order valence-corrected chi connectivity index (χ0v) is 16.0. The van der Waals surface area contributed by atoms with Crippen molar-refractivity contribution in [1.29, 1.82) is 0 Å². The van der Waals surface area contributed by atoms with Crippen LogP contribution in [-0.2, 0) is 19.9 Å². The number of rotatable bonds is 6. The van der Waals surface area contributed by atoms with Gasteiger partial charge < -0.3 is 16.0 Å². The fraction of sp³-hybridized carbons (Fsp3) is 0.500. The van der Waals surface area contributed by atoms with Crippen LogP contribution in [0.25, 0.3) is 0 Å². The van der Waals surface area contributed by atoms with Crippen molar-refractivity contribution in [2.45, 2.75) is 38.1 Å². The van der Waals surface area contributed by atoms with E-state index in [-0.39, 0.29) is 24.3 Å². The third-order valence-electron chi connectivity index (χ3n) is 5.61. The fourth-order valence-corrected chi connectivity index (χ4v) is 4.03. The van der Waals surface area contributed by atoms with Gasteiger partial charge in [0.15, 0.2) is 0 Å². The van der Waals surface area contributed by atoms with Gasteiger partial charge in [-0.05, 0) is 24.8 Å². The molecule has 150 valence electrons. The Morgan fingerprint density at radius 3 is 2.39 bits per heavy atom. The number of hydrogen-bond acceptors (Lipinski definition) is 4. The summed E-state index contributed by atoms with van der Waals surface area (Å²) in [4.78, 5) is 52.3. The molecule has 8 heteroatoms. The van der Waals surface area contributed by atoms with Crippen LogP contribution in [0, 0.1) is 5.92 Å². The molecule has 8 nitrogen and oxygen atoms in total. The van der Waals surface area contributed by atoms with Crippen molar-refractivity contribution in [3.63, 3.8) is 0 Å². The van der Waals surface area contributed by atoms with Crippen LogP contribution in [-0.4, -0.2) is 53.2 Å². The first kappa shape index (κ1) is 19.9. The van der Waals surface area contributed by atoms with Gasteiger partial charge in [-0.1, -0.05) is 43.7 Å². The van der Waals surface area contributed by atoms with E-state index in [0.29, 0.717) is 44.3 Å². The smallest absolute Gasteiger partial charge is 0.325 e.